The standard InChI is InChI=1S/C10H19N5O3S/c1-15(6-2-5-11-9-3-4-9)19(16,17)13-7-10-12-8-18-14-10/h8-9,11,13H,2-7H2,1H3. The molecule has 0 unspecified atom stereocenters. The van der Waals surface area contributed by atoms with Crippen molar-refractivity contribution in [2.24, 2.45) is 0 Å². The zero-order valence-electron chi connectivity index (χ0n) is 10.9. The molecular weight excluding hydrogens is 270 g/mol. The van der Waals surface area contributed by atoms with Gasteiger partial charge in [0.25, 0.3) is 10.2 Å². The summed E-state index contributed by atoms with van der Waals surface area (Å²) in [6.45, 7) is 1.35. The van der Waals surface area contributed by atoms with Gasteiger partial charge in [-0.15, -0.1) is 0 Å². The van der Waals surface area contributed by atoms with Crippen LogP contribution in [-0.4, -0.2) is 49.0 Å². The Labute approximate surface area is 112 Å². The molecule has 0 bridgehead atoms. The molecule has 1 aliphatic carbocycles. The first-order valence-corrected chi connectivity index (χ1v) is 7.71. The predicted octanol–water partition coefficient (Wildman–Crippen LogP) is -0.522. The summed E-state index contributed by atoms with van der Waals surface area (Å²) < 4.78 is 32.0. The largest absolute Gasteiger partial charge is 0.343 e. The quantitative estimate of drug-likeness (QED) is 0.593. The third-order valence-electron chi connectivity index (χ3n) is 2.89. The van der Waals surface area contributed by atoms with Crippen LogP contribution < -0.4 is 10.0 Å². The van der Waals surface area contributed by atoms with Crippen molar-refractivity contribution in [1.82, 2.24) is 24.5 Å². The molecule has 9 heteroatoms. The maximum Gasteiger partial charge on any atom is 0.279 e. The lowest BCUT2D eigenvalue weighted by Gasteiger charge is -2.17. The molecule has 2 rings (SSSR count). The highest BCUT2D eigenvalue weighted by Gasteiger charge is 2.21. The summed E-state index contributed by atoms with van der Waals surface area (Å²) >= 11 is 0. The van der Waals surface area contributed by atoms with Crippen LogP contribution in [0.15, 0.2) is 10.9 Å². The first-order chi connectivity index (χ1) is 9.08. The van der Waals surface area contributed by atoms with E-state index >= 15 is 0 Å². The summed E-state index contributed by atoms with van der Waals surface area (Å²) in [7, 11) is -1.94. The summed E-state index contributed by atoms with van der Waals surface area (Å²) in [5.74, 6) is 0.312. The zero-order chi connectivity index (χ0) is 13.7. The van der Waals surface area contributed by atoms with E-state index in [9.17, 15) is 8.42 Å². The van der Waals surface area contributed by atoms with Crippen LogP contribution in [0.1, 0.15) is 25.1 Å². The zero-order valence-corrected chi connectivity index (χ0v) is 11.7. The Hall–Kier alpha value is -1.03. The second kappa shape index (κ2) is 6.42. The molecule has 1 aromatic rings. The minimum Gasteiger partial charge on any atom is -0.343 e. The van der Waals surface area contributed by atoms with Crippen molar-refractivity contribution < 1.29 is 12.9 Å². The molecule has 0 atom stereocenters. The summed E-state index contributed by atoms with van der Waals surface area (Å²) in [5.41, 5.74) is 0. The summed E-state index contributed by atoms with van der Waals surface area (Å²) in [6, 6.07) is 0.651. The van der Waals surface area contributed by atoms with Gasteiger partial charge < -0.3 is 9.84 Å². The van der Waals surface area contributed by atoms with Gasteiger partial charge in [0, 0.05) is 19.6 Å². The van der Waals surface area contributed by atoms with E-state index in [1.807, 2.05) is 0 Å². The van der Waals surface area contributed by atoms with Crippen LogP contribution in [0.3, 0.4) is 0 Å². The molecule has 0 aliphatic heterocycles. The first kappa shape index (κ1) is 14.4. The highest BCUT2D eigenvalue weighted by atomic mass is 32.2. The number of hydrogen-bond acceptors (Lipinski definition) is 6. The Morgan fingerprint density at radius 2 is 2.32 bits per heavy atom. The third-order valence-corrected chi connectivity index (χ3v) is 4.40. The maximum atomic E-state index is 11.9. The number of nitrogens with one attached hydrogen (secondary N) is 2. The molecular formula is C10H19N5O3S. The highest BCUT2D eigenvalue weighted by molar-refractivity contribution is 7.87. The van der Waals surface area contributed by atoms with Gasteiger partial charge in [-0.1, -0.05) is 5.16 Å². The molecule has 1 heterocycles. The lowest BCUT2D eigenvalue weighted by Crippen LogP contribution is -2.39. The van der Waals surface area contributed by atoms with Crippen molar-refractivity contribution >= 4 is 10.2 Å². The molecule has 1 aromatic heterocycles. The van der Waals surface area contributed by atoms with Crippen molar-refractivity contribution in [3.63, 3.8) is 0 Å². The second-order valence-corrected chi connectivity index (χ2v) is 6.44. The summed E-state index contributed by atoms with van der Waals surface area (Å²) in [6.07, 6.45) is 4.42. The van der Waals surface area contributed by atoms with E-state index < -0.39 is 10.2 Å². The molecule has 19 heavy (non-hydrogen) atoms. The van der Waals surface area contributed by atoms with Crippen molar-refractivity contribution in [1.29, 1.82) is 0 Å². The SMILES string of the molecule is CN(CCCNC1CC1)S(=O)(=O)NCc1ncon1. The Balaban J connectivity index is 1.67. The van der Waals surface area contributed by atoms with Gasteiger partial charge in [-0.25, -0.2) is 0 Å². The smallest absolute Gasteiger partial charge is 0.279 e. The first-order valence-electron chi connectivity index (χ1n) is 6.27. The van der Waals surface area contributed by atoms with Crippen molar-refractivity contribution in [3.8, 4) is 0 Å². The van der Waals surface area contributed by atoms with Gasteiger partial charge in [0.05, 0.1) is 6.54 Å². The number of aromatic nitrogens is 2. The van der Waals surface area contributed by atoms with E-state index in [0.717, 1.165) is 19.4 Å². The van der Waals surface area contributed by atoms with Crippen LogP contribution >= 0.6 is 0 Å². The summed E-state index contributed by atoms with van der Waals surface area (Å²) in [4.78, 5) is 3.75. The molecule has 0 radical (unpaired) electrons. The highest BCUT2D eigenvalue weighted by Crippen LogP contribution is 2.18. The number of hydrogen-bond donors (Lipinski definition) is 2. The van der Waals surface area contributed by atoms with Crippen LogP contribution in [-0.2, 0) is 16.8 Å². The molecule has 1 aliphatic rings. The average Bonchev–Trinajstić information content (AvgIpc) is 3.05. The lowest BCUT2D eigenvalue weighted by atomic mass is 10.4. The molecule has 8 nitrogen and oxygen atoms in total. The van der Waals surface area contributed by atoms with Gasteiger partial charge in [-0.3, -0.25) is 0 Å². The van der Waals surface area contributed by atoms with E-state index in [2.05, 4.69) is 24.7 Å². The Bertz CT molecular complexity index is 471. The number of rotatable bonds is 9. The van der Waals surface area contributed by atoms with Crippen LogP contribution in [0.5, 0.6) is 0 Å². The summed E-state index contributed by atoms with van der Waals surface area (Å²) in [5, 5.41) is 6.88. The fourth-order valence-electron chi connectivity index (χ4n) is 1.55. The molecule has 1 fully saturated rings. The monoisotopic (exact) mass is 289 g/mol. The predicted molar refractivity (Wildman–Crippen MR) is 68.3 cm³/mol. The van der Waals surface area contributed by atoms with E-state index in [1.54, 1.807) is 7.05 Å². The third kappa shape index (κ3) is 4.86. The van der Waals surface area contributed by atoms with Gasteiger partial charge in [0.1, 0.15) is 0 Å². The van der Waals surface area contributed by atoms with Gasteiger partial charge in [0.2, 0.25) is 6.39 Å². The molecule has 0 saturated heterocycles. The van der Waals surface area contributed by atoms with Crippen molar-refractivity contribution in [2.75, 3.05) is 20.1 Å². The molecule has 2 N–H and O–H groups in total. The fraction of sp³-hybridized carbons (Fsp3) is 0.800. The van der Waals surface area contributed by atoms with Crippen molar-refractivity contribution in [3.05, 3.63) is 12.2 Å². The van der Waals surface area contributed by atoms with E-state index in [0.29, 0.717) is 18.4 Å². The van der Waals surface area contributed by atoms with Gasteiger partial charge in [0.15, 0.2) is 5.82 Å². The second-order valence-electron chi connectivity index (χ2n) is 4.58. The molecule has 108 valence electrons. The van der Waals surface area contributed by atoms with Gasteiger partial charge in [-0.2, -0.15) is 22.4 Å². The van der Waals surface area contributed by atoms with Gasteiger partial charge in [-0.05, 0) is 25.8 Å². The van der Waals surface area contributed by atoms with E-state index in [1.165, 1.54) is 17.1 Å². The molecule has 0 spiro atoms. The molecule has 0 amide bonds. The number of nitrogens with zero attached hydrogens (tertiary/aromatic N) is 3. The molecule has 0 aromatic carbocycles. The van der Waals surface area contributed by atoms with Crippen LogP contribution in [0.4, 0.5) is 0 Å². The normalized spacial score (nSPS) is 16.1. The Morgan fingerprint density at radius 3 is 2.95 bits per heavy atom. The Kier molecular flexibility index (Phi) is 4.86. The average molecular weight is 289 g/mol. The van der Waals surface area contributed by atoms with Crippen molar-refractivity contribution in [2.45, 2.75) is 31.8 Å². The van der Waals surface area contributed by atoms with Crippen LogP contribution in [0.25, 0.3) is 0 Å². The van der Waals surface area contributed by atoms with E-state index in [-0.39, 0.29) is 6.54 Å². The van der Waals surface area contributed by atoms with E-state index in [4.69, 9.17) is 0 Å². The minimum absolute atomic E-state index is 0.0312. The minimum atomic E-state index is -3.49. The fourth-order valence-corrected chi connectivity index (χ4v) is 2.45. The van der Waals surface area contributed by atoms with Crippen LogP contribution in [0, 0.1) is 0 Å². The van der Waals surface area contributed by atoms with Crippen LogP contribution in [0.2, 0.25) is 0 Å². The topological polar surface area (TPSA) is 100 Å². The maximum absolute atomic E-state index is 11.9. The lowest BCUT2D eigenvalue weighted by molar-refractivity contribution is 0.407. The molecule has 1 saturated carbocycles. The van der Waals surface area contributed by atoms with Gasteiger partial charge >= 0.3 is 0 Å². The Morgan fingerprint density at radius 1 is 1.53 bits per heavy atom.